The summed E-state index contributed by atoms with van der Waals surface area (Å²) < 4.78 is 0. The zero-order valence-corrected chi connectivity index (χ0v) is 8.35. The van der Waals surface area contributed by atoms with Crippen LogP contribution >= 0.6 is 0 Å². The second-order valence-corrected chi connectivity index (χ2v) is 4.51. The van der Waals surface area contributed by atoms with Crippen molar-refractivity contribution >= 4 is 29.6 Å². The molecule has 0 aromatic carbocycles. The molecule has 0 heterocycles. The van der Waals surface area contributed by atoms with Crippen molar-refractivity contribution in [2.45, 2.75) is 59.5 Å². The van der Waals surface area contributed by atoms with Gasteiger partial charge in [-0.3, -0.25) is 0 Å². The van der Waals surface area contributed by atoms with Gasteiger partial charge in [0.05, 0.1) is 6.10 Å². The minimum absolute atomic E-state index is 0. The molecule has 0 amide bonds. The fourth-order valence-corrected chi connectivity index (χ4v) is 1.07. The summed E-state index contributed by atoms with van der Waals surface area (Å²) in [4.78, 5) is 0. The molecule has 0 radical (unpaired) electrons. The second-order valence-electron chi connectivity index (χ2n) is 4.51. The van der Waals surface area contributed by atoms with Crippen molar-refractivity contribution in [3.8, 4) is 0 Å². The van der Waals surface area contributed by atoms with Crippen LogP contribution in [0.4, 0.5) is 0 Å². The Morgan fingerprint density at radius 1 is 1.25 bits per heavy atom. The van der Waals surface area contributed by atoms with Crippen LogP contribution in [0.15, 0.2) is 0 Å². The minimum atomic E-state index is -0.0719. The van der Waals surface area contributed by atoms with Gasteiger partial charge in [-0.25, -0.2) is 0 Å². The van der Waals surface area contributed by atoms with E-state index in [1.165, 1.54) is 6.42 Å². The first-order valence-electron chi connectivity index (χ1n) is 4.64. The van der Waals surface area contributed by atoms with E-state index in [1.807, 2.05) is 6.92 Å². The van der Waals surface area contributed by atoms with Crippen molar-refractivity contribution < 1.29 is 5.11 Å². The molecule has 0 saturated carbocycles. The quantitative estimate of drug-likeness (QED) is 0.662. The Kier molecular flexibility index (Phi) is 9.48. The van der Waals surface area contributed by atoms with Crippen LogP contribution < -0.4 is 0 Å². The molecular weight excluding hydrogens is 159 g/mol. The SMILES string of the molecule is CCC(O)CCCC(C)(C)C.[NaH]. The van der Waals surface area contributed by atoms with Gasteiger partial charge in [-0.15, -0.1) is 0 Å². The van der Waals surface area contributed by atoms with Crippen LogP contribution in [0.1, 0.15) is 53.4 Å². The van der Waals surface area contributed by atoms with Crippen LogP contribution in [0.2, 0.25) is 0 Å². The van der Waals surface area contributed by atoms with Gasteiger partial charge in [-0.2, -0.15) is 0 Å². The fourth-order valence-electron chi connectivity index (χ4n) is 1.07. The van der Waals surface area contributed by atoms with Crippen LogP contribution in [0.3, 0.4) is 0 Å². The Labute approximate surface area is 99.2 Å². The first kappa shape index (κ1) is 15.4. The molecule has 0 aromatic heterocycles. The molecule has 0 aliphatic heterocycles. The molecule has 0 rings (SSSR count). The fraction of sp³-hybridized carbons (Fsp3) is 1.00. The van der Waals surface area contributed by atoms with Gasteiger partial charge in [0, 0.05) is 0 Å². The van der Waals surface area contributed by atoms with Gasteiger partial charge in [0.2, 0.25) is 0 Å². The molecule has 0 aliphatic rings. The van der Waals surface area contributed by atoms with Crippen molar-refractivity contribution in [3.63, 3.8) is 0 Å². The maximum atomic E-state index is 9.25. The van der Waals surface area contributed by atoms with Crippen LogP contribution in [0.25, 0.3) is 0 Å². The van der Waals surface area contributed by atoms with Crippen LogP contribution in [0.5, 0.6) is 0 Å². The summed E-state index contributed by atoms with van der Waals surface area (Å²) in [6.45, 7) is 8.75. The topological polar surface area (TPSA) is 20.2 Å². The molecule has 0 fully saturated rings. The van der Waals surface area contributed by atoms with Gasteiger partial charge in [0.25, 0.3) is 0 Å². The van der Waals surface area contributed by atoms with E-state index < -0.39 is 0 Å². The molecule has 1 atom stereocenters. The first-order chi connectivity index (χ1) is 4.95. The van der Waals surface area contributed by atoms with E-state index >= 15 is 0 Å². The van der Waals surface area contributed by atoms with Crippen molar-refractivity contribution in [1.82, 2.24) is 0 Å². The van der Waals surface area contributed by atoms with Crippen molar-refractivity contribution in [2.75, 3.05) is 0 Å². The predicted octanol–water partition coefficient (Wildman–Crippen LogP) is 2.33. The van der Waals surface area contributed by atoms with E-state index in [1.54, 1.807) is 0 Å². The maximum absolute atomic E-state index is 9.25. The Balaban J connectivity index is 0. The van der Waals surface area contributed by atoms with Crippen molar-refractivity contribution in [3.05, 3.63) is 0 Å². The van der Waals surface area contributed by atoms with Crippen LogP contribution in [-0.4, -0.2) is 40.8 Å². The summed E-state index contributed by atoms with van der Waals surface area (Å²) in [6.07, 6.45) is 4.15. The Bertz CT molecular complexity index is 96.5. The standard InChI is InChI=1S/C10H22O.Na.H/c1-5-9(11)7-6-8-10(2,3)4;;/h9,11H,5-8H2,1-4H3;;. The number of aliphatic hydroxyl groups excluding tert-OH is 1. The van der Waals surface area contributed by atoms with Crippen LogP contribution in [-0.2, 0) is 0 Å². The molecule has 70 valence electrons. The van der Waals surface area contributed by atoms with Crippen LogP contribution in [0, 0.1) is 5.41 Å². The normalized spacial score (nSPS) is 13.8. The number of aliphatic hydroxyl groups is 1. The van der Waals surface area contributed by atoms with Crippen molar-refractivity contribution in [1.29, 1.82) is 0 Å². The van der Waals surface area contributed by atoms with E-state index in [9.17, 15) is 5.11 Å². The summed E-state index contributed by atoms with van der Waals surface area (Å²) in [5, 5.41) is 9.25. The van der Waals surface area contributed by atoms with E-state index in [2.05, 4.69) is 20.8 Å². The molecule has 0 aromatic rings. The Hall–Kier alpha value is 0.960. The van der Waals surface area contributed by atoms with Gasteiger partial charge >= 0.3 is 29.6 Å². The van der Waals surface area contributed by atoms with E-state index in [0.29, 0.717) is 5.41 Å². The van der Waals surface area contributed by atoms with Gasteiger partial charge in [0.15, 0.2) is 0 Å². The number of hydrogen-bond acceptors (Lipinski definition) is 1. The van der Waals surface area contributed by atoms with Gasteiger partial charge in [0.1, 0.15) is 0 Å². The van der Waals surface area contributed by atoms with Gasteiger partial charge in [-0.05, 0) is 24.7 Å². The van der Waals surface area contributed by atoms with Crippen molar-refractivity contribution in [2.24, 2.45) is 5.41 Å². The zero-order valence-electron chi connectivity index (χ0n) is 8.35. The summed E-state index contributed by atoms with van der Waals surface area (Å²) >= 11 is 0. The third-order valence-electron chi connectivity index (χ3n) is 1.94. The molecule has 12 heavy (non-hydrogen) atoms. The third-order valence-corrected chi connectivity index (χ3v) is 1.94. The monoisotopic (exact) mass is 182 g/mol. The average molecular weight is 182 g/mol. The molecule has 0 aliphatic carbocycles. The molecule has 1 nitrogen and oxygen atoms in total. The third kappa shape index (κ3) is 11.0. The van der Waals surface area contributed by atoms with E-state index in [-0.39, 0.29) is 35.7 Å². The van der Waals surface area contributed by atoms with E-state index in [4.69, 9.17) is 0 Å². The predicted molar refractivity (Wildman–Crippen MR) is 56.8 cm³/mol. The average Bonchev–Trinajstić information content (AvgIpc) is 1.85. The van der Waals surface area contributed by atoms with E-state index in [0.717, 1.165) is 19.3 Å². The molecule has 0 saturated heterocycles. The number of rotatable bonds is 4. The zero-order chi connectivity index (χ0) is 8.91. The summed E-state index contributed by atoms with van der Waals surface area (Å²) in [7, 11) is 0. The number of hydrogen-bond donors (Lipinski definition) is 1. The second kappa shape index (κ2) is 7.37. The summed E-state index contributed by atoms with van der Waals surface area (Å²) in [5.41, 5.74) is 0.424. The molecule has 2 heteroatoms. The van der Waals surface area contributed by atoms with Gasteiger partial charge in [-0.1, -0.05) is 34.1 Å². The Morgan fingerprint density at radius 3 is 2.08 bits per heavy atom. The summed E-state index contributed by atoms with van der Waals surface area (Å²) in [6, 6.07) is 0. The molecular formula is C10H23NaO. The molecule has 1 N–H and O–H groups in total. The van der Waals surface area contributed by atoms with Gasteiger partial charge < -0.3 is 5.11 Å². The molecule has 0 bridgehead atoms. The Morgan fingerprint density at radius 2 is 1.75 bits per heavy atom. The summed E-state index contributed by atoms with van der Waals surface area (Å²) in [5.74, 6) is 0. The first-order valence-corrected chi connectivity index (χ1v) is 4.64. The molecule has 0 spiro atoms. The molecule has 1 unspecified atom stereocenters.